The Balaban J connectivity index is 1.45. The number of nitrogens with one attached hydrogen (secondary N) is 3. The zero-order chi connectivity index (χ0) is 29.2. The lowest BCUT2D eigenvalue weighted by atomic mass is 10.1. The van der Waals surface area contributed by atoms with Crippen molar-refractivity contribution in [1.82, 2.24) is 14.7 Å². The van der Waals surface area contributed by atoms with Crippen LogP contribution in [0, 0.1) is 0 Å². The quantitative estimate of drug-likeness (QED) is 0.117. The molecule has 0 bridgehead atoms. The first-order valence-electron chi connectivity index (χ1n) is 12.5. The van der Waals surface area contributed by atoms with E-state index in [9.17, 15) is 14.4 Å². The van der Waals surface area contributed by atoms with Crippen molar-refractivity contribution in [2.24, 2.45) is 0 Å². The summed E-state index contributed by atoms with van der Waals surface area (Å²) >= 11 is 7.42. The number of halogens is 1. The third-order valence-corrected chi connectivity index (χ3v) is 8.49. The minimum absolute atomic E-state index is 0.0876. The highest BCUT2D eigenvalue weighted by molar-refractivity contribution is 9.10. The van der Waals surface area contributed by atoms with Crippen molar-refractivity contribution in [1.29, 1.82) is 0 Å². The van der Waals surface area contributed by atoms with Crippen LogP contribution < -0.4 is 16.0 Å². The molecule has 3 aromatic carbocycles. The topological polar surface area (TPSA) is 113 Å². The zero-order valence-corrected chi connectivity index (χ0v) is 26.1. The minimum atomic E-state index is -0.484. The summed E-state index contributed by atoms with van der Waals surface area (Å²) in [5.41, 5.74) is 1.78. The van der Waals surface area contributed by atoms with Crippen molar-refractivity contribution in [3.8, 4) is 0 Å². The van der Waals surface area contributed by atoms with Gasteiger partial charge < -0.3 is 10.6 Å². The molecule has 0 fully saturated rings. The minimum Gasteiger partial charge on any atom is -0.321 e. The van der Waals surface area contributed by atoms with Crippen LogP contribution in [0.2, 0.25) is 0 Å². The molecular weight excluding hydrogens is 642 g/mol. The van der Waals surface area contributed by atoms with E-state index in [1.807, 2.05) is 43.3 Å². The Morgan fingerprint density at radius 3 is 2.49 bits per heavy atom. The Kier molecular flexibility index (Phi) is 11.1. The number of carbonyl (C=O) groups is 3. The summed E-state index contributed by atoms with van der Waals surface area (Å²) < 4.78 is 5.12. The Morgan fingerprint density at radius 1 is 1.00 bits per heavy atom. The second-order valence-corrected chi connectivity index (χ2v) is 12.8. The van der Waals surface area contributed by atoms with Crippen LogP contribution in [0.25, 0.3) is 6.08 Å². The molecule has 4 rings (SSSR count). The molecule has 0 radical (unpaired) electrons. The Labute approximate surface area is 259 Å². The Morgan fingerprint density at radius 2 is 1.76 bits per heavy atom. The lowest BCUT2D eigenvalue weighted by molar-refractivity contribution is -0.115. The van der Waals surface area contributed by atoms with Crippen molar-refractivity contribution < 1.29 is 14.4 Å². The van der Waals surface area contributed by atoms with E-state index >= 15 is 0 Å². The standard InChI is InChI=1S/C29H26BrN5O3S3/c1-3-39-29-34-28(41-35-29)33-25(36)18(2)40-23-11-7-10-22(17-23)31-27(38)24(16-19-12-14-21(30)15-13-19)32-26(37)20-8-5-4-6-9-20/h4-18H,3H2,1-2H3,(H,31,38)(H,32,37)(H,33,34,35,36)/b24-16-. The molecule has 12 heteroatoms. The highest BCUT2D eigenvalue weighted by Gasteiger charge is 2.18. The molecule has 3 N–H and O–H groups in total. The van der Waals surface area contributed by atoms with Gasteiger partial charge in [0.1, 0.15) is 5.70 Å². The summed E-state index contributed by atoms with van der Waals surface area (Å²) in [6.07, 6.45) is 1.62. The fraction of sp³-hybridized carbons (Fsp3) is 0.138. The molecule has 1 unspecified atom stereocenters. The molecule has 0 saturated heterocycles. The lowest BCUT2D eigenvalue weighted by Crippen LogP contribution is -2.30. The van der Waals surface area contributed by atoms with Crippen molar-refractivity contribution in [3.63, 3.8) is 0 Å². The predicted octanol–water partition coefficient (Wildman–Crippen LogP) is 6.94. The van der Waals surface area contributed by atoms with Gasteiger partial charge in [0.25, 0.3) is 11.8 Å². The molecular formula is C29H26BrN5O3S3. The number of thioether (sulfide) groups is 2. The van der Waals surface area contributed by atoms with Crippen LogP contribution in [0.4, 0.5) is 10.8 Å². The number of nitrogens with zero attached hydrogens (tertiary/aromatic N) is 2. The molecule has 1 aromatic heterocycles. The van der Waals surface area contributed by atoms with E-state index in [2.05, 4.69) is 41.2 Å². The molecule has 0 saturated carbocycles. The number of anilines is 2. The van der Waals surface area contributed by atoms with Crippen molar-refractivity contribution in [3.05, 3.63) is 100 Å². The molecule has 1 heterocycles. The summed E-state index contributed by atoms with van der Waals surface area (Å²) in [5.74, 6) is -0.229. The number of rotatable bonds is 11. The molecule has 3 amide bonds. The number of benzene rings is 3. The van der Waals surface area contributed by atoms with E-state index in [1.54, 1.807) is 55.5 Å². The SMILES string of the molecule is CCSc1nsc(NC(=O)C(C)Sc2cccc(NC(=O)/C(=C/c3ccc(Br)cc3)NC(=O)c3ccccc3)c2)n1. The second kappa shape index (κ2) is 15.0. The highest BCUT2D eigenvalue weighted by atomic mass is 79.9. The van der Waals surface area contributed by atoms with Crippen LogP contribution in [-0.2, 0) is 9.59 Å². The van der Waals surface area contributed by atoms with Crippen molar-refractivity contribution in [2.75, 3.05) is 16.4 Å². The molecule has 0 aliphatic heterocycles. The predicted molar refractivity (Wildman–Crippen MR) is 171 cm³/mol. The van der Waals surface area contributed by atoms with E-state index < -0.39 is 17.1 Å². The average Bonchev–Trinajstić information content (AvgIpc) is 3.41. The summed E-state index contributed by atoms with van der Waals surface area (Å²) in [7, 11) is 0. The molecule has 1 atom stereocenters. The van der Waals surface area contributed by atoms with Gasteiger partial charge in [-0.25, -0.2) is 0 Å². The molecule has 0 aliphatic carbocycles. The van der Waals surface area contributed by atoms with E-state index in [0.29, 0.717) is 21.5 Å². The van der Waals surface area contributed by atoms with Gasteiger partial charge in [0, 0.05) is 32.2 Å². The summed E-state index contributed by atoms with van der Waals surface area (Å²) in [5, 5.41) is 9.09. The maximum Gasteiger partial charge on any atom is 0.272 e. The van der Waals surface area contributed by atoms with Crippen molar-refractivity contribution >= 4 is 85.6 Å². The molecule has 4 aromatic rings. The molecule has 8 nitrogen and oxygen atoms in total. The van der Waals surface area contributed by atoms with Gasteiger partial charge in [-0.15, -0.1) is 11.8 Å². The normalized spacial score (nSPS) is 11.9. The van der Waals surface area contributed by atoms with E-state index in [4.69, 9.17) is 0 Å². The fourth-order valence-corrected chi connectivity index (χ4v) is 5.89. The first-order valence-corrected chi connectivity index (χ1v) is 15.9. The number of hydrogen-bond donors (Lipinski definition) is 3. The third-order valence-electron chi connectivity index (χ3n) is 5.39. The first-order chi connectivity index (χ1) is 19.8. The van der Waals surface area contributed by atoms with Crippen LogP contribution in [0.1, 0.15) is 29.8 Å². The summed E-state index contributed by atoms with van der Waals surface area (Å²) in [6.45, 7) is 3.81. The van der Waals surface area contributed by atoms with E-state index in [0.717, 1.165) is 32.2 Å². The number of hydrogen-bond acceptors (Lipinski definition) is 8. The van der Waals surface area contributed by atoms with Gasteiger partial charge in [-0.2, -0.15) is 9.36 Å². The highest BCUT2D eigenvalue weighted by Crippen LogP contribution is 2.28. The molecule has 0 aliphatic rings. The Bertz CT molecular complexity index is 1540. The Hall–Kier alpha value is -3.45. The van der Waals surface area contributed by atoms with E-state index in [-0.39, 0.29) is 11.6 Å². The molecule has 210 valence electrons. The first kappa shape index (κ1) is 30.5. The largest absolute Gasteiger partial charge is 0.321 e. The lowest BCUT2D eigenvalue weighted by Gasteiger charge is -2.13. The van der Waals surface area contributed by atoms with Gasteiger partial charge in [-0.1, -0.05) is 71.0 Å². The van der Waals surface area contributed by atoms with Crippen LogP contribution in [-0.4, -0.2) is 38.1 Å². The van der Waals surface area contributed by atoms with Crippen molar-refractivity contribution in [2.45, 2.75) is 29.1 Å². The number of carbonyl (C=O) groups excluding carboxylic acids is 3. The van der Waals surface area contributed by atoms with E-state index in [1.165, 1.54) is 23.5 Å². The maximum atomic E-state index is 13.4. The van der Waals surface area contributed by atoms with Gasteiger partial charge in [0.15, 0.2) is 0 Å². The molecule has 41 heavy (non-hydrogen) atoms. The van der Waals surface area contributed by atoms with Crippen LogP contribution in [0.3, 0.4) is 0 Å². The van der Waals surface area contributed by atoms with Gasteiger partial charge in [-0.3, -0.25) is 19.7 Å². The number of amides is 3. The third kappa shape index (κ3) is 9.28. The average molecular weight is 669 g/mol. The fourth-order valence-electron chi connectivity index (χ4n) is 3.43. The van der Waals surface area contributed by atoms with Crippen LogP contribution in [0.5, 0.6) is 0 Å². The monoisotopic (exact) mass is 667 g/mol. The summed E-state index contributed by atoms with van der Waals surface area (Å²) in [6, 6.07) is 23.2. The van der Waals surface area contributed by atoms with Crippen LogP contribution in [0.15, 0.2) is 99.1 Å². The second-order valence-electron chi connectivity index (χ2n) is 8.48. The van der Waals surface area contributed by atoms with Gasteiger partial charge in [0.05, 0.1) is 5.25 Å². The molecule has 0 spiro atoms. The number of aromatic nitrogens is 2. The smallest absolute Gasteiger partial charge is 0.272 e. The summed E-state index contributed by atoms with van der Waals surface area (Å²) in [4.78, 5) is 44.1. The maximum absolute atomic E-state index is 13.4. The van der Waals surface area contributed by atoms with Gasteiger partial charge >= 0.3 is 0 Å². The van der Waals surface area contributed by atoms with Gasteiger partial charge in [-0.05, 0) is 66.8 Å². The zero-order valence-electron chi connectivity index (χ0n) is 22.1. The van der Waals surface area contributed by atoms with Gasteiger partial charge in [0.2, 0.25) is 16.2 Å². The van der Waals surface area contributed by atoms with Crippen LogP contribution >= 0.6 is 51.0 Å².